The maximum Gasteiger partial charge on any atom is 0.222 e. The fourth-order valence-corrected chi connectivity index (χ4v) is 1.14. The number of primary amides is 1. The maximum absolute atomic E-state index is 10.9. The van der Waals surface area contributed by atoms with E-state index in [0.717, 1.165) is 11.3 Å². The van der Waals surface area contributed by atoms with Crippen LogP contribution in [-0.2, 0) is 11.2 Å². The van der Waals surface area contributed by atoms with Crippen LogP contribution in [-0.4, -0.2) is 12.5 Å². The van der Waals surface area contributed by atoms with Crippen LogP contribution in [0.3, 0.4) is 0 Å². The summed E-state index contributed by atoms with van der Waals surface area (Å²) in [5.41, 5.74) is 11.6. The van der Waals surface area contributed by atoms with E-state index in [1.807, 2.05) is 13.0 Å². The molecule has 0 fully saturated rings. The molecule has 1 atom stereocenters. The van der Waals surface area contributed by atoms with Crippen molar-refractivity contribution in [3.05, 3.63) is 23.7 Å². The number of carbonyl (C=O) groups is 1. The predicted molar refractivity (Wildman–Crippen MR) is 48.9 cm³/mol. The lowest BCUT2D eigenvalue weighted by molar-refractivity contribution is -0.121. The number of amides is 1. The van der Waals surface area contributed by atoms with Gasteiger partial charge in [-0.15, -0.1) is 0 Å². The fourth-order valence-electron chi connectivity index (χ4n) is 1.14. The lowest BCUT2D eigenvalue weighted by atomic mass is 10.0. The molecule has 13 heavy (non-hydrogen) atoms. The molecule has 1 amide bonds. The van der Waals surface area contributed by atoms with Crippen LogP contribution in [0.1, 0.15) is 11.3 Å². The molecule has 4 nitrogen and oxygen atoms in total. The number of hydrogen-bond donors (Lipinski definition) is 2. The number of aryl methyl sites for hydroxylation is 1. The van der Waals surface area contributed by atoms with E-state index in [1.54, 1.807) is 6.26 Å². The van der Waals surface area contributed by atoms with Gasteiger partial charge in [0, 0.05) is 13.0 Å². The van der Waals surface area contributed by atoms with Crippen molar-refractivity contribution in [3.63, 3.8) is 0 Å². The molecule has 4 N–H and O–H groups in total. The smallest absolute Gasteiger partial charge is 0.222 e. The molecule has 1 aromatic heterocycles. The minimum atomic E-state index is -0.377. The van der Waals surface area contributed by atoms with Crippen LogP contribution >= 0.6 is 0 Å². The Bertz CT molecular complexity index is 294. The highest BCUT2D eigenvalue weighted by molar-refractivity contribution is 5.77. The number of rotatable bonds is 4. The third kappa shape index (κ3) is 2.32. The molecular formula is C9H14N2O2. The molecule has 0 aliphatic rings. The molecule has 1 unspecified atom stereocenters. The van der Waals surface area contributed by atoms with Crippen LogP contribution in [0.2, 0.25) is 0 Å². The minimum absolute atomic E-state index is 0.259. The molecule has 0 aliphatic heterocycles. The van der Waals surface area contributed by atoms with E-state index in [1.165, 1.54) is 0 Å². The monoisotopic (exact) mass is 182 g/mol. The Morgan fingerprint density at radius 3 is 2.77 bits per heavy atom. The van der Waals surface area contributed by atoms with Gasteiger partial charge < -0.3 is 15.9 Å². The van der Waals surface area contributed by atoms with Gasteiger partial charge >= 0.3 is 0 Å². The topological polar surface area (TPSA) is 82.2 Å². The first kappa shape index (κ1) is 9.80. The first-order valence-corrected chi connectivity index (χ1v) is 4.17. The van der Waals surface area contributed by atoms with E-state index in [2.05, 4.69) is 0 Å². The summed E-state index contributed by atoms with van der Waals surface area (Å²) in [5.74, 6) is 0.0809. The summed E-state index contributed by atoms with van der Waals surface area (Å²) in [4.78, 5) is 10.9. The van der Waals surface area contributed by atoms with Crippen molar-refractivity contribution in [3.8, 4) is 0 Å². The molecule has 0 saturated carbocycles. The van der Waals surface area contributed by atoms with Crippen molar-refractivity contribution < 1.29 is 9.21 Å². The third-order valence-corrected chi connectivity index (χ3v) is 2.09. The average molecular weight is 182 g/mol. The normalized spacial score (nSPS) is 12.8. The summed E-state index contributed by atoms with van der Waals surface area (Å²) in [6.45, 7) is 2.18. The first-order valence-electron chi connectivity index (χ1n) is 4.17. The second-order valence-corrected chi connectivity index (χ2v) is 3.07. The minimum Gasteiger partial charge on any atom is -0.469 e. The molecule has 1 heterocycles. The van der Waals surface area contributed by atoms with E-state index in [9.17, 15) is 4.79 Å². The van der Waals surface area contributed by atoms with Crippen LogP contribution in [0.4, 0.5) is 0 Å². The Morgan fingerprint density at radius 2 is 2.38 bits per heavy atom. The largest absolute Gasteiger partial charge is 0.469 e. The van der Waals surface area contributed by atoms with Crippen molar-refractivity contribution in [2.45, 2.75) is 13.3 Å². The number of furan rings is 1. The molecular weight excluding hydrogens is 168 g/mol. The molecule has 0 bridgehead atoms. The van der Waals surface area contributed by atoms with Gasteiger partial charge in [-0.2, -0.15) is 0 Å². The molecule has 1 aromatic rings. The molecule has 72 valence electrons. The summed E-state index contributed by atoms with van der Waals surface area (Å²) in [6.07, 6.45) is 2.09. The molecule has 4 heteroatoms. The van der Waals surface area contributed by atoms with E-state index in [-0.39, 0.29) is 18.4 Å². The van der Waals surface area contributed by atoms with Gasteiger partial charge in [0.05, 0.1) is 12.2 Å². The lowest BCUT2D eigenvalue weighted by Crippen LogP contribution is -2.31. The molecule has 0 saturated heterocycles. The van der Waals surface area contributed by atoms with Crippen LogP contribution in [0.5, 0.6) is 0 Å². The summed E-state index contributed by atoms with van der Waals surface area (Å²) in [5, 5.41) is 0. The molecule has 0 aromatic carbocycles. The summed E-state index contributed by atoms with van der Waals surface area (Å²) >= 11 is 0. The van der Waals surface area contributed by atoms with Crippen LogP contribution < -0.4 is 11.5 Å². The number of hydrogen-bond acceptors (Lipinski definition) is 3. The summed E-state index contributed by atoms with van der Waals surface area (Å²) < 4.78 is 5.18. The second kappa shape index (κ2) is 4.09. The predicted octanol–water partition coefficient (Wildman–Crippen LogP) is 0.191. The third-order valence-electron chi connectivity index (χ3n) is 2.09. The van der Waals surface area contributed by atoms with Gasteiger partial charge in [0.2, 0.25) is 5.91 Å². The van der Waals surface area contributed by atoms with E-state index >= 15 is 0 Å². The van der Waals surface area contributed by atoms with Crippen LogP contribution in [0, 0.1) is 12.8 Å². The van der Waals surface area contributed by atoms with Gasteiger partial charge in [0.15, 0.2) is 0 Å². The Hall–Kier alpha value is -1.29. The van der Waals surface area contributed by atoms with Crippen molar-refractivity contribution >= 4 is 5.91 Å². The molecule has 1 rings (SSSR count). The van der Waals surface area contributed by atoms with E-state index < -0.39 is 0 Å². The molecule has 0 radical (unpaired) electrons. The summed E-state index contributed by atoms with van der Waals surface area (Å²) in [6, 6.07) is 1.85. The zero-order valence-electron chi connectivity index (χ0n) is 7.62. The van der Waals surface area contributed by atoms with Gasteiger partial charge in [-0.1, -0.05) is 0 Å². The molecule has 0 aliphatic carbocycles. The van der Waals surface area contributed by atoms with Gasteiger partial charge in [-0.25, -0.2) is 0 Å². The van der Waals surface area contributed by atoms with Gasteiger partial charge in [-0.05, 0) is 18.6 Å². The Balaban J connectivity index is 2.67. The zero-order valence-corrected chi connectivity index (χ0v) is 7.62. The van der Waals surface area contributed by atoms with Crippen LogP contribution in [0.25, 0.3) is 0 Å². The van der Waals surface area contributed by atoms with Crippen molar-refractivity contribution in [2.75, 3.05) is 6.54 Å². The van der Waals surface area contributed by atoms with Crippen LogP contribution in [0.15, 0.2) is 16.7 Å². The summed E-state index contributed by atoms with van der Waals surface area (Å²) in [7, 11) is 0. The highest BCUT2D eigenvalue weighted by atomic mass is 16.3. The zero-order chi connectivity index (χ0) is 9.84. The lowest BCUT2D eigenvalue weighted by Gasteiger charge is -2.08. The van der Waals surface area contributed by atoms with Crippen molar-refractivity contribution in [1.29, 1.82) is 0 Å². The quantitative estimate of drug-likeness (QED) is 0.697. The van der Waals surface area contributed by atoms with E-state index in [0.29, 0.717) is 6.42 Å². The van der Waals surface area contributed by atoms with Gasteiger partial charge in [0.25, 0.3) is 0 Å². The fraction of sp³-hybridized carbons (Fsp3) is 0.444. The van der Waals surface area contributed by atoms with E-state index in [4.69, 9.17) is 15.9 Å². The van der Waals surface area contributed by atoms with Gasteiger partial charge in [0.1, 0.15) is 5.76 Å². The van der Waals surface area contributed by atoms with Crippen molar-refractivity contribution in [2.24, 2.45) is 17.4 Å². The standard InChI is InChI=1S/C9H14N2O2/c1-6-2-3-13-8(6)4-7(5-10)9(11)12/h2-3,7H,4-5,10H2,1H3,(H2,11,12). The highest BCUT2D eigenvalue weighted by Crippen LogP contribution is 2.13. The Labute approximate surface area is 76.9 Å². The Morgan fingerprint density at radius 1 is 1.69 bits per heavy atom. The number of nitrogens with two attached hydrogens (primary N) is 2. The van der Waals surface area contributed by atoms with Crippen molar-refractivity contribution in [1.82, 2.24) is 0 Å². The van der Waals surface area contributed by atoms with Gasteiger partial charge in [-0.3, -0.25) is 4.79 Å². The SMILES string of the molecule is Cc1ccoc1CC(CN)C(N)=O. The molecule has 0 spiro atoms. The highest BCUT2D eigenvalue weighted by Gasteiger charge is 2.16. The average Bonchev–Trinajstić information content (AvgIpc) is 2.46. The Kier molecular flexibility index (Phi) is 3.08. The first-order chi connectivity index (χ1) is 6.15. The second-order valence-electron chi connectivity index (χ2n) is 3.07. The number of carbonyl (C=O) groups excluding carboxylic acids is 1. The maximum atomic E-state index is 10.9.